The molecule has 18 heavy (non-hydrogen) atoms. The number of carbonyl (C=O) groups excluding carboxylic acids is 1. The van der Waals surface area contributed by atoms with Gasteiger partial charge in [-0.3, -0.25) is 4.79 Å². The summed E-state index contributed by atoms with van der Waals surface area (Å²) in [6.45, 7) is 4.06. The number of benzene rings is 1. The number of para-hydroxylation sites is 1. The van der Waals surface area contributed by atoms with E-state index in [1.54, 1.807) is 11.3 Å². The predicted molar refractivity (Wildman–Crippen MR) is 75.0 cm³/mol. The van der Waals surface area contributed by atoms with E-state index in [4.69, 9.17) is 0 Å². The minimum atomic E-state index is 0.0340. The van der Waals surface area contributed by atoms with Gasteiger partial charge in [0.2, 0.25) is 5.91 Å². The molecule has 94 valence electrons. The number of thiazole rings is 1. The van der Waals surface area contributed by atoms with Gasteiger partial charge < -0.3 is 5.32 Å². The van der Waals surface area contributed by atoms with Gasteiger partial charge in [-0.05, 0) is 26.0 Å². The minimum absolute atomic E-state index is 0.0340. The molecule has 0 saturated carbocycles. The van der Waals surface area contributed by atoms with Crippen LogP contribution in [0.4, 0.5) is 5.69 Å². The number of carbonyl (C=O) groups is 1. The van der Waals surface area contributed by atoms with E-state index >= 15 is 0 Å². The third-order valence-electron chi connectivity index (χ3n) is 2.70. The molecule has 0 atom stereocenters. The van der Waals surface area contributed by atoms with Gasteiger partial charge in [0.25, 0.3) is 0 Å². The lowest BCUT2D eigenvalue weighted by Gasteiger charge is -2.03. The van der Waals surface area contributed by atoms with Crippen molar-refractivity contribution in [2.45, 2.75) is 26.7 Å². The van der Waals surface area contributed by atoms with Crippen LogP contribution in [0.15, 0.2) is 30.3 Å². The second-order valence-corrected chi connectivity index (χ2v) is 5.45. The zero-order valence-electron chi connectivity index (χ0n) is 10.6. The zero-order valence-corrected chi connectivity index (χ0v) is 11.4. The van der Waals surface area contributed by atoms with Gasteiger partial charge >= 0.3 is 0 Å². The quantitative estimate of drug-likeness (QED) is 0.916. The van der Waals surface area contributed by atoms with Gasteiger partial charge in [-0.2, -0.15) is 0 Å². The normalized spacial score (nSPS) is 10.3. The Labute approximate surface area is 111 Å². The second-order valence-electron chi connectivity index (χ2n) is 4.16. The van der Waals surface area contributed by atoms with Gasteiger partial charge in [0.15, 0.2) is 0 Å². The van der Waals surface area contributed by atoms with Crippen molar-refractivity contribution in [1.29, 1.82) is 0 Å². The summed E-state index contributed by atoms with van der Waals surface area (Å²) in [4.78, 5) is 17.4. The molecule has 0 fully saturated rings. The Balaban J connectivity index is 1.85. The summed E-state index contributed by atoms with van der Waals surface area (Å²) in [5.74, 6) is 0.0340. The largest absolute Gasteiger partial charge is 0.326 e. The van der Waals surface area contributed by atoms with E-state index in [2.05, 4.69) is 17.2 Å². The average molecular weight is 260 g/mol. The molecule has 0 aliphatic carbocycles. The summed E-state index contributed by atoms with van der Waals surface area (Å²) < 4.78 is 0. The van der Waals surface area contributed by atoms with Crippen LogP contribution in [0.1, 0.15) is 22.0 Å². The van der Waals surface area contributed by atoms with E-state index in [9.17, 15) is 4.79 Å². The van der Waals surface area contributed by atoms with Crippen molar-refractivity contribution in [2.24, 2.45) is 0 Å². The number of rotatable bonds is 4. The maximum atomic E-state index is 11.7. The van der Waals surface area contributed by atoms with E-state index in [0.717, 1.165) is 16.4 Å². The standard InChI is InChI=1S/C14H16N2OS/c1-10-11(2)18-14(15-10)9-8-13(17)16-12-6-4-3-5-7-12/h3-7H,8-9H2,1-2H3,(H,16,17). The third kappa shape index (κ3) is 3.40. The SMILES string of the molecule is Cc1nc(CCC(=O)Nc2ccccc2)sc1C. The Kier molecular flexibility index (Phi) is 4.10. The number of aryl methyl sites for hydroxylation is 3. The van der Waals surface area contributed by atoms with E-state index in [0.29, 0.717) is 12.8 Å². The second kappa shape index (κ2) is 5.78. The summed E-state index contributed by atoms with van der Waals surface area (Å²) in [5, 5.41) is 3.91. The molecular weight excluding hydrogens is 244 g/mol. The Morgan fingerprint density at radius 1 is 1.28 bits per heavy atom. The van der Waals surface area contributed by atoms with E-state index in [-0.39, 0.29) is 5.91 Å². The van der Waals surface area contributed by atoms with Gasteiger partial charge in [0.05, 0.1) is 10.7 Å². The number of nitrogens with zero attached hydrogens (tertiary/aromatic N) is 1. The van der Waals surface area contributed by atoms with Crippen molar-refractivity contribution in [3.63, 3.8) is 0 Å². The highest BCUT2D eigenvalue weighted by atomic mass is 32.1. The minimum Gasteiger partial charge on any atom is -0.326 e. The van der Waals surface area contributed by atoms with Crippen LogP contribution >= 0.6 is 11.3 Å². The molecule has 1 N–H and O–H groups in total. The van der Waals surface area contributed by atoms with Crippen LogP contribution in [0, 0.1) is 13.8 Å². The lowest BCUT2D eigenvalue weighted by atomic mass is 10.2. The van der Waals surface area contributed by atoms with Crippen molar-refractivity contribution in [2.75, 3.05) is 5.32 Å². The number of amides is 1. The van der Waals surface area contributed by atoms with Crippen LogP contribution in [0.2, 0.25) is 0 Å². The van der Waals surface area contributed by atoms with E-state index in [1.165, 1.54) is 4.88 Å². The molecule has 0 radical (unpaired) electrons. The average Bonchev–Trinajstić information content (AvgIpc) is 2.68. The molecule has 1 heterocycles. The number of nitrogens with one attached hydrogen (secondary N) is 1. The first-order chi connectivity index (χ1) is 8.65. The molecule has 4 heteroatoms. The number of aromatic nitrogens is 1. The lowest BCUT2D eigenvalue weighted by molar-refractivity contribution is -0.116. The fourth-order valence-corrected chi connectivity index (χ4v) is 2.55. The molecule has 2 aromatic rings. The predicted octanol–water partition coefficient (Wildman–Crippen LogP) is 3.33. The van der Waals surface area contributed by atoms with E-state index in [1.807, 2.05) is 37.3 Å². The van der Waals surface area contributed by atoms with Crippen LogP contribution in [0.5, 0.6) is 0 Å². The smallest absolute Gasteiger partial charge is 0.224 e. The molecule has 0 aliphatic rings. The molecule has 1 aromatic heterocycles. The summed E-state index contributed by atoms with van der Waals surface area (Å²) in [6, 6.07) is 9.51. The van der Waals surface area contributed by atoms with Crippen LogP contribution in [0.25, 0.3) is 0 Å². The van der Waals surface area contributed by atoms with Crippen molar-refractivity contribution in [3.8, 4) is 0 Å². The van der Waals surface area contributed by atoms with E-state index < -0.39 is 0 Å². The highest BCUT2D eigenvalue weighted by molar-refractivity contribution is 7.11. The van der Waals surface area contributed by atoms with Crippen LogP contribution in [-0.2, 0) is 11.2 Å². The first-order valence-electron chi connectivity index (χ1n) is 5.93. The molecule has 2 rings (SSSR count). The molecule has 1 aromatic carbocycles. The number of hydrogen-bond acceptors (Lipinski definition) is 3. The first kappa shape index (κ1) is 12.8. The van der Waals surface area contributed by atoms with Crippen LogP contribution in [-0.4, -0.2) is 10.9 Å². The van der Waals surface area contributed by atoms with Crippen molar-refractivity contribution >= 4 is 22.9 Å². The Hall–Kier alpha value is -1.68. The number of anilines is 1. The van der Waals surface area contributed by atoms with Gasteiger partial charge in [-0.25, -0.2) is 4.98 Å². The monoisotopic (exact) mass is 260 g/mol. The zero-order chi connectivity index (χ0) is 13.0. The lowest BCUT2D eigenvalue weighted by Crippen LogP contribution is -2.12. The Morgan fingerprint density at radius 3 is 2.61 bits per heavy atom. The number of hydrogen-bond donors (Lipinski definition) is 1. The van der Waals surface area contributed by atoms with Gasteiger partial charge in [-0.1, -0.05) is 18.2 Å². The van der Waals surface area contributed by atoms with Crippen LogP contribution < -0.4 is 5.32 Å². The summed E-state index contributed by atoms with van der Waals surface area (Å²) in [7, 11) is 0. The highest BCUT2D eigenvalue weighted by Gasteiger charge is 2.07. The van der Waals surface area contributed by atoms with Gasteiger partial charge in [0.1, 0.15) is 0 Å². The molecule has 0 aliphatic heterocycles. The molecule has 0 saturated heterocycles. The third-order valence-corrected chi connectivity index (χ3v) is 3.83. The van der Waals surface area contributed by atoms with Crippen molar-refractivity contribution < 1.29 is 4.79 Å². The fourth-order valence-electron chi connectivity index (χ4n) is 1.61. The Bertz CT molecular complexity index is 514. The van der Waals surface area contributed by atoms with Crippen LogP contribution in [0.3, 0.4) is 0 Å². The topological polar surface area (TPSA) is 42.0 Å². The fraction of sp³-hybridized carbons (Fsp3) is 0.286. The summed E-state index contributed by atoms with van der Waals surface area (Å²) in [6.07, 6.45) is 1.18. The highest BCUT2D eigenvalue weighted by Crippen LogP contribution is 2.18. The maximum Gasteiger partial charge on any atom is 0.224 e. The molecule has 0 unspecified atom stereocenters. The molecule has 3 nitrogen and oxygen atoms in total. The van der Waals surface area contributed by atoms with Crippen molar-refractivity contribution in [3.05, 3.63) is 45.9 Å². The molecular formula is C14H16N2OS. The first-order valence-corrected chi connectivity index (χ1v) is 6.74. The van der Waals surface area contributed by atoms with Crippen molar-refractivity contribution in [1.82, 2.24) is 4.98 Å². The van der Waals surface area contributed by atoms with Gasteiger partial charge in [-0.15, -0.1) is 11.3 Å². The summed E-state index contributed by atoms with van der Waals surface area (Å²) >= 11 is 1.67. The molecule has 1 amide bonds. The molecule has 0 spiro atoms. The van der Waals surface area contributed by atoms with Gasteiger partial charge in [0, 0.05) is 23.4 Å². The summed E-state index contributed by atoms with van der Waals surface area (Å²) in [5.41, 5.74) is 1.91. The molecule has 0 bridgehead atoms. The Morgan fingerprint density at radius 2 is 2.00 bits per heavy atom. The maximum absolute atomic E-state index is 11.7.